The van der Waals surface area contributed by atoms with E-state index in [2.05, 4.69) is 5.32 Å². The zero-order chi connectivity index (χ0) is 18.5. The van der Waals surface area contributed by atoms with Gasteiger partial charge < -0.3 is 24.8 Å². The minimum Gasteiger partial charge on any atom is -0.444 e. The fraction of sp³-hybridized carbons (Fsp3) is 0.882. The molecule has 1 aliphatic rings. The van der Waals surface area contributed by atoms with Gasteiger partial charge in [-0.25, -0.2) is 9.59 Å². The smallest absolute Gasteiger partial charge is 0.410 e. The quantitative estimate of drug-likeness (QED) is 0.821. The number of aliphatic hydroxyl groups excluding tert-OH is 1. The van der Waals surface area contributed by atoms with Crippen molar-refractivity contribution >= 4 is 12.2 Å². The minimum absolute atomic E-state index is 0.0306. The number of carbonyl (C=O) groups is 2. The Morgan fingerprint density at radius 2 is 1.67 bits per heavy atom. The second-order valence-corrected chi connectivity index (χ2v) is 8.30. The Morgan fingerprint density at radius 1 is 1.08 bits per heavy atom. The predicted octanol–water partition coefficient (Wildman–Crippen LogP) is 2.38. The van der Waals surface area contributed by atoms with Crippen LogP contribution in [0.25, 0.3) is 0 Å². The summed E-state index contributed by atoms with van der Waals surface area (Å²) in [5, 5.41) is 12.3. The average molecular weight is 344 g/mol. The van der Waals surface area contributed by atoms with E-state index in [9.17, 15) is 14.7 Å². The maximum absolute atomic E-state index is 12.2. The van der Waals surface area contributed by atoms with Crippen LogP contribution in [0.1, 0.15) is 48.0 Å². The minimum atomic E-state index is -0.560. The second-order valence-electron chi connectivity index (χ2n) is 8.30. The summed E-state index contributed by atoms with van der Waals surface area (Å²) in [7, 11) is 0. The van der Waals surface area contributed by atoms with Crippen molar-refractivity contribution in [1.29, 1.82) is 0 Å². The molecule has 1 aliphatic heterocycles. The first kappa shape index (κ1) is 20.5. The molecule has 1 heterocycles. The van der Waals surface area contributed by atoms with Crippen molar-refractivity contribution in [3.8, 4) is 0 Å². The SMILES string of the molecule is CC(C)(C)OC(=O)NC[C@@H]1CN(C(=O)OC(C)(C)C)CC[C@@H]1CO. The van der Waals surface area contributed by atoms with E-state index in [1.807, 2.05) is 20.8 Å². The first-order valence-electron chi connectivity index (χ1n) is 8.47. The first-order valence-corrected chi connectivity index (χ1v) is 8.47. The molecule has 2 amide bonds. The summed E-state index contributed by atoms with van der Waals surface area (Å²) in [5.74, 6) is 0.00223. The third kappa shape index (κ3) is 7.38. The van der Waals surface area contributed by atoms with E-state index >= 15 is 0 Å². The molecule has 1 rings (SSSR count). The van der Waals surface area contributed by atoms with Crippen molar-refractivity contribution in [1.82, 2.24) is 10.2 Å². The summed E-state index contributed by atoms with van der Waals surface area (Å²) in [6, 6.07) is 0. The Balaban J connectivity index is 2.59. The standard InChI is InChI=1S/C17H32N2O5/c1-16(2,3)23-14(21)18-9-13-10-19(8-7-12(13)11-20)15(22)24-17(4,5)6/h12-13,20H,7-11H2,1-6H3,(H,18,21)/t12-,13-/m1/s1. The van der Waals surface area contributed by atoms with E-state index in [-0.39, 0.29) is 24.5 Å². The number of likely N-dealkylation sites (tertiary alicyclic amines) is 1. The van der Waals surface area contributed by atoms with Gasteiger partial charge in [-0.2, -0.15) is 0 Å². The molecule has 0 saturated carbocycles. The molecule has 0 unspecified atom stereocenters. The van der Waals surface area contributed by atoms with Crippen LogP contribution in [0.4, 0.5) is 9.59 Å². The van der Waals surface area contributed by atoms with Gasteiger partial charge >= 0.3 is 12.2 Å². The molecular weight excluding hydrogens is 312 g/mol. The molecule has 0 aromatic rings. The number of aliphatic hydroxyl groups is 1. The van der Waals surface area contributed by atoms with Crippen molar-refractivity contribution in [2.75, 3.05) is 26.2 Å². The Labute approximate surface area is 144 Å². The van der Waals surface area contributed by atoms with Gasteiger partial charge in [0.15, 0.2) is 0 Å². The van der Waals surface area contributed by atoms with Gasteiger partial charge in [0, 0.05) is 26.2 Å². The zero-order valence-electron chi connectivity index (χ0n) is 15.7. The van der Waals surface area contributed by atoms with Crippen LogP contribution < -0.4 is 5.32 Å². The fourth-order valence-electron chi connectivity index (χ4n) is 2.57. The molecule has 0 aromatic carbocycles. The summed E-state index contributed by atoms with van der Waals surface area (Å²) in [6.07, 6.45) is -0.175. The number of piperidine rings is 1. The molecule has 1 fully saturated rings. The summed E-state index contributed by atoms with van der Waals surface area (Å²) in [5.41, 5.74) is -1.11. The predicted molar refractivity (Wildman–Crippen MR) is 90.7 cm³/mol. The molecule has 0 spiro atoms. The number of rotatable bonds is 3. The fourth-order valence-corrected chi connectivity index (χ4v) is 2.57. The number of alkyl carbamates (subject to hydrolysis) is 1. The highest BCUT2D eigenvalue weighted by Crippen LogP contribution is 2.24. The molecule has 0 aromatic heterocycles. The van der Waals surface area contributed by atoms with E-state index in [1.54, 1.807) is 25.7 Å². The molecule has 0 radical (unpaired) electrons. The summed E-state index contributed by atoms with van der Waals surface area (Å²) >= 11 is 0. The molecule has 7 heteroatoms. The van der Waals surface area contributed by atoms with Crippen LogP contribution in [0.3, 0.4) is 0 Å². The number of nitrogens with one attached hydrogen (secondary N) is 1. The number of hydrogen-bond donors (Lipinski definition) is 2. The number of ether oxygens (including phenoxy) is 2. The molecule has 0 aliphatic carbocycles. The number of nitrogens with zero attached hydrogens (tertiary/aromatic N) is 1. The van der Waals surface area contributed by atoms with Gasteiger partial charge in [0.25, 0.3) is 0 Å². The van der Waals surface area contributed by atoms with Crippen molar-refractivity contribution in [2.24, 2.45) is 11.8 Å². The van der Waals surface area contributed by atoms with Crippen LogP contribution in [-0.4, -0.2) is 59.6 Å². The number of amides is 2. The Kier molecular flexibility index (Phi) is 6.89. The summed E-state index contributed by atoms with van der Waals surface area (Å²) in [6.45, 7) is 12.2. The Morgan fingerprint density at radius 3 is 2.17 bits per heavy atom. The highest BCUT2D eigenvalue weighted by Gasteiger charge is 2.33. The van der Waals surface area contributed by atoms with Gasteiger partial charge in [0.1, 0.15) is 11.2 Å². The lowest BCUT2D eigenvalue weighted by molar-refractivity contribution is 0.00443. The van der Waals surface area contributed by atoms with Gasteiger partial charge in [-0.3, -0.25) is 0 Å². The summed E-state index contributed by atoms with van der Waals surface area (Å²) < 4.78 is 10.6. The van der Waals surface area contributed by atoms with Gasteiger partial charge in [-0.05, 0) is 59.8 Å². The molecule has 2 N–H and O–H groups in total. The highest BCUT2D eigenvalue weighted by atomic mass is 16.6. The van der Waals surface area contributed by atoms with Gasteiger partial charge in [-0.15, -0.1) is 0 Å². The third-order valence-electron chi connectivity index (χ3n) is 3.69. The molecule has 24 heavy (non-hydrogen) atoms. The lowest BCUT2D eigenvalue weighted by atomic mass is 9.86. The van der Waals surface area contributed by atoms with Crippen molar-refractivity contribution in [3.63, 3.8) is 0 Å². The van der Waals surface area contributed by atoms with Gasteiger partial charge in [0.05, 0.1) is 0 Å². The topological polar surface area (TPSA) is 88.1 Å². The average Bonchev–Trinajstić information content (AvgIpc) is 2.41. The van der Waals surface area contributed by atoms with Crippen LogP contribution in [0.2, 0.25) is 0 Å². The lowest BCUT2D eigenvalue weighted by Crippen LogP contribution is -2.50. The monoisotopic (exact) mass is 344 g/mol. The van der Waals surface area contributed by atoms with E-state index in [4.69, 9.17) is 9.47 Å². The number of carbonyl (C=O) groups excluding carboxylic acids is 2. The number of hydrogen-bond acceptors (Lipinski definition) is 5. The van der Waals surface area contributed by atoms with Crippen LogP contribution in [-0.2, 0) is 9.47 Å². The molecule has 2 atom stereocenters. The van der Waals surface area contributed by atoms with Crippen molar-refractivity contribution in [3.05, 3.63) is 0 Å². The Hall–Kier alpha value is -1.50. The molecular formula is C17H32N2O5. The normalized spacial score (nSPS) is 22.0. The summed E-state index contributed by atoms with van der Waals surface area (Å²) in [4.78, 5) is 25.6. The maximum Gasteiger partial charge on any atom is 0.410 e. The highest BCUT2D eigenvalue weighted by molar-refractivity contribution is 5.68. The largest absolute Gasteiger partial charge is 0.444 e. The van der Waals surface area contributed by atoms with Crippen LogP contribution in [0.5, 0.6) is 0 Å². The Bertz CT molecular complexity index is 439. The van der Waals surface area contributed by atoms with Crippen LogP contribution >= 0.6 is 0 Å². The van der Waals surface area contributed by atoms with Crippen molar-refractivity contribution in [2.45, 2.75) is 59.2 Å². The molecule has 7 nitrogen and oxygen atoms in total. The van der Waals surface area contributed by atoms with Crippen LogP contribution in [0.15, 0.2) is 0 Å². The van der Waals surface area contributed by atoms with Crippen molar-refractivity contribution < 1.29 is 24.2 Å². The first-order chi connectivity index (χ1) is 10.9. The van der Waals surface area contributed by atoms with E-state index in [0.717, 1.165) is 0 Å². The molecule has 140 valence electrons. The zero-order valence-corrected chi connectivity index (χ0v) is 15.7. The van der Waals surface area contributed by atoms with E-state index < -0.39 is 17.3 Å². The molecule has 0 bridgehead atoms. The maximum atomic E-state index is 12.2. The third-order valence-corrected chi connectivity index (χ3v) is 3.69. The van der Waals surface area contributed by atoms with E-state index in [0.29, 0.717) is 26.1 Å². The second kappa shape index (κ2) is 8.05. The lowest BCUT2D eigenvalue weighted by Gasteiger charge is -2.38. The van der Waals surface area contributed by atoms with Crippen LogP contribution in [0, 0.1) is 11.8 Å². The van der Waals surface area contributed by atoms with Gasteiger partial charge in [0.2, 0.25) is 0 Å². The molecule has 1 saturated heterocycles. The van der Waals surface area contributed by atoms with Gasteiger partial charge in [-0.1, -0.05) is 0 Å². The van der Waals surface area contributed by atoms with E-state index in [1.165, 1.54) is 0 Å².